The maximum Gasteiger partial charge on any atom is 0.274 e. The number of nitrogens with one attached hydrogen (secondary N) is 1. The molecule has 1 saturated heterocycles. The van der Waals surface area contributed by atoms with Crippen LogP contribution >= 0.6 is 0 Å². The first kappa shape index (κ1) is 14.0. The number of hydrogen-bond donors (Lipinski definition) is 1. The minimum absolute atomic E-state index is 0.0670. The van der Waals surface area contributed by atoms with Crippen LogP contribution in [0.1, 0.15) is 38.3 Å². The van der Waals surface area contributed by atoms with Crippen LogP contribution < -0.4 is 5.32 Å². The first-order valence-electron chi connectivity index (χ1n) is 6.62. The molecule has 0 radical (unpaired) electrons. The van der Waals surface area contributed by atoms with E-state index in [-0.39, 0.29) is 22.3 Å². The minimum atomic E-state index is -0.332. The summed E-state index contributed by atoms with van der Waals surface area (Å²) in [7, 11) is 0. The van der Waals surface area contributed by atoms with Gasteiger partial charge in [0.15, 0.2) is 0 Å². The molecule has 104 valence electrons. The van der Waals surface area contributed by atoms with Crippen LogP contribution in [0.4, 0.5) is 5.69 Å². The molecule has 2 rings (SSSR count). The van der Waals surface area contributed by atoms with Crippen molar-refractivity contribution in [1.29, 1.82) is 0 Å². The van der Waals surface area contributed by atoms with Crippen LogP contribution in [0.5, 0.6) is 0 Å². The first-order chi connectivity index (χ1) is 9.02. The van der Waals surface area contributed by atoms with E-state index in [2.05, 4.69) is 12.2 Å². The zero-order valence-electron chi connectivity index (χ0n) is 11.4. The molecule has 0 aromatic heterocycles. The van der Waals surface area contributed by atoms with E-state index < -0.39 is 0 Å². The lowest BCUT2D eigenvalue weighted by atomic mass is 10.0. The predicted octanol–water partition coefficient (Wildman–Crippen LogP) is 2.81. The van der Waals surface area contributed by atoms with E-state index in [9.17, 15) is 10.1 Å². The molecule has 0 spiro atoms. The molecular weight excluding hydrogens is 244 g/mol. The van der Waals surface area contributed by atoms with Gasteiger partial charge in [0.05, 0.1) is 10.5 Å². The van der Waals surface area contributed by atoms with E-state index in [4.69, 9.17) is 4.74 Å². The van der Waals surface area contributed by atoms with E-state index in [1.54, 1.807) is 18.2 Å². The second-order valence-corrected chi connectivity index (χ2v) is 5.32. The monoisotopic (exact) mass is 264 g/mol. The summed E-state index contributed by atoms with van der Waals surface area (Å²) in [5.74, 6) is 0. The average Bonchev–Trinajstić information content (AvgIpc) is 2.83. The summed E-state index contributed by atoms with van der Waals surface area (Å²) in [5, 5.41) is 14.3. The van der Waals surface area contributed by atoms with E-state index in [1.807, 2.05) is 13.0 Å². The highest BCUT2D eigenvalue weighted by molar-refractivity contribution is 5.41. The lowest BCUT2D eigenvalue weighted by Crippen LogP contribution is -2.38. The third kappa shape index (κ3) is 3.30. The smallest absolute Gasteiger partial charge is 0.274 e. The summed E-state index contributed by atoms with van der Waals surface area (Å²) < 4.78 is 5.71. The molecule has 5 nitrogen and oxygen atoms in total. The summed E-state index contributed by atoms with van der Waals surface area (Å²) in [6, 6.07) is 6.79. The van der Waals surface area contributed by atoms with Crippen LogP contribution in [0.2, 0.25) is 0 Å². The van der Waals surface area contributed by atoms with E-state index in [1.165, 1.54) is 0 Å². The van der Waals surface area contributed by atoms with E-state index in [0.29, 0.717) is 12.1 Å². The topological polar surface area (TPSA) is 64.4 Å². The van der Waals surface area contributed by atoms with Gasteiger partial charge in [-0.15, -0.1) is 0 Å². The number of para-hydroxylation sites is 1. The van der Waals surface area contributed by atoms with Gasteiger partial charge in [0.25, 0.3) is 5.69 Å². The lowest BCUT2D eigenvalue weighted by Gasteiger charge is -2.26. The summed E-state index contributed by atoms with van der Waals surface area (Å²) >= 11 is 0. The maximum absolute atomic E-state index is 11.0. The maximum atomic E-state index is 11.0. The summed E-state index contributed by atoms with van der Waals surface area (Å²) in [6.45, 7) is 5.54. The Balaban J connectivity index is 2.03. The van der Waals surface area contributed by atoms with Gasteiger partial charge in [-0.05, 0) is 26.7 Å². The Morgan fingerprint density at radius 3 is 2.89 bits per heavy atom. The SMILES string of the molecule is CC(NCC1(C)CCCO1)c1ccccc1[N+](=O)[O-]. The van der Waals surface area contributed by atoms with Gasteiger partial charge in [-0.3, -0.25) is 10.1 Å². The number of benzene rings is 1. The number of nitrogens with zero attached hydrogens (tertiary/aromatic N) is 1. The normalized spacial score (nSPS) is 24.3. The van der Waals surface area contributed by atoms with Crippen molar-refractivity contribution in [3.63, 3.8) is 0 Å². The highest BCUT2D eigenvalue weighted by Crippen LogP contribution is 2.27. The van der Waals surface area contributed by atoms with E-state index in [0.717, 1.165) is 19.4 Å². The lowest BCUT2D eigenvalue weighted by molar-refractivity contribution is -0.385. The molecule has 0 aliphatic carbocycles. The highest BCUT2D eigenvalue weighted by Gasteiger charge is 2.30. The van der Waals surface area contributed by atoms with Crippen LogP contribution in [0.15, 0.2) is 24.3 Å². The molecule has 0 bridgehead atoms. The number of nitro groups is 1. The van der Waals surface area contributed by atoms with Gasteiger partial charge >= 0.3 is 0 Å². The van der Waals surface area contributed by atoms with Crippen molar-refractivity contribution in [2.45, 2.75) is 38.3 Å². The Morgan fingerprint density at radius 1 is 1.53 bits per heavy atom. The van der Waals surface area contributed by atoms with Gasteiger partial charge in [0, 0.05) is 30.8 Å². The van der Waals surface area contributed by atoms with Crippen molar-refractivity contribution in [2.75, 3.05) is 13.2 Å². The molecule has 1 aliphatic rings. The quantitative estimate of drug-likeness (QED) is 0.656. The summed E-state index contributed by atoms with van der Waals surface area (Å²) in [5.41, 5.74) is 0.742. The standard InChI is InChI=1S/C14H20N2O3/c1-11(15-10-14(2)8-5-9-19-14)12-6-3-4-7-13(12)16(17)18/h3-4,6-7,11,15H,5,8-10H2,1-2H3. The molecule has 1 heterocycles. The van der Waals surface area contributed by atoms with Crippen LogP contribution in [0.25, 0.3) is 0 Å². The van der Waals surface area contributed by atoms with Gasteiger partial charge in [0.2, 0.25) is 0 Å². The molecule has 19 heavy (non-hydrogen) atoms. The Kier molecular flexibility index (Phi) is 4.17. The molecule has 2 unspecified atom stereocenters. The largest absolute Gasteiger partial charge is 0.374 e. The fourth-order valence-corrected chi connectivity index (χ4v) is 2.48. The summed E-state index contributed by atoms with van der Waals surface area (Å²) in [4.78, 5) is 10.7. The number of nitro benzene ring substituents is 1. The van der Waals surface area contributed by atoms with Gasteiger partial charge in [-0.1, -0.05) is 18.2 Å². The Bertz CT molecular complexity index is 456. The number of rotatable bonds is 5. The van der Waals surface area contributed by atoms with Gasteiger partial charge in [-0.2, -0.15) is 0 Å². The predicted molar refractivity (Wildman–Crippen MR) is 73.1 cm³/mol. The molecule has 1 aromatic carbocycles. The third-order valence-corrected chi connectivity index (χ3v) is 3.68. The van der Waals surface area contributed by atoms with E-state index >= 15 is 0 Å². The number of hydrogen-bond acceptors (Lipinski definition) is 4. The van der Waals surface area contributed by atoms with Crippen LogP contribution in [0, 0.1) is 10.1 Å². The van der Waals surface area contributed by atoms with Crippen LogP contribution in [0.3, 0.4) is 0 Å². The number of ether oxygens (including phenoxy) is 1. The van der Waals surface area contributed by atoms with Gasteiger partial charge < -0.3 is 10.1 Å². The van der Waals surface area contributed by atoms with Crippen molar-refractivity contribution in [3.8, 4) is 0 Å². The second kappa shape index (κ2) is 5.67. The Labute approximate surface area is 113 Å². The Morgan fingerprint density at radius 2 is 2.26 bits per heavy atom. The van der Waals surface area contributed by atoms with Crippen LogP contribution in [-0.4, -0.2) is 23.7 Å². The van der Waals surface area contributed by atoms with Gasteiger partial charge in [-0.25, -0.2) is 0 Å². The first-order valence-corrected chi connectivity index (χ1v) is 6.62. The van der Waals surface area contributed by atoms with Crippen molar-refractivity contribution in [1.82, 2.24) is 5.32 Å². The fourth-order valence-electron chi connectivity index (χ4n) is 2.48. The average molecular weight is 264 g/mol. The Hall–Kier alpha value is -1.46. The van der Waals surface area contributed by atoms with Crippen LogP contribution in [-0.2, 0) is 4.74 Å². The van der Waals surface area contributed by atoms with Gasteiger partial charge in [0.1, 0.15) is 0 Å². The molecule has 1 fully saturated rings. The third-order valence-electron chi connectivity index (χ3n) is 3.68. The van der Waals surface area contributed by atoms with Crippen molar-refractivity contribution >= 4 is 5.69 Å². The highest BCUT2D eigenvalue weighted by atomic mass is 16.6. The molecule has 1 aromatic rings. The molecule has 0 saturated carbocycles. The fraction of sp³-hybridized carbons (Fsp3) is 0.571. The molecule has 2 atom stereocenters. The zero-order chi connectivity index (χ0) is 13.9. The zero-order valence-corrected chi connectivity index (χ0v) is 11.4. The van der Waals surface area contributed by atoms with Crippen molar-refractivity contribution in [3.05, 3.63) is 39.9 Å². The molecule has 1 aliphatic heterocycles. The molecule has 0 amide bonds. The minimum Gasteiger partial charge on any atom is -0.374 e. The molecular formula is C14H20N2O3. The van der Waals surface area contributed by atoms with Crippen molar-refractivity contribution in [2.24, 2.45) is 0 Å². The molecule has 5 heteroatoms. The van der Waals surface area contributed by atoms with Crippen molar-refractivity contribution < 1.29 is 9.66 Å². The second-order valence-electron chi connectivity index (χ2n) is 5.32. The molecule has 1 N–H and O–H groups in total. The summed E-state index contributed by atoms with van der Waals surface area (Å²) in [6.07, 6.45) is 2.11.